The van der Waals surface area contributed by atoms with Crippen LogP contribution in [0.2, 0.25) is 0 Å². The number of sulfonamides is 1. The van der Waals surface area contributed by atoms with Gasteiger partial charge in [0.25, 0.3) is 5.91 Å². The van der Waals surface area contributed by atoms with E-state index in [0.717, 1.165) is 19.4 Å². The highest BCUT2D eigenvalue weighted by atomic mass is 35.5. The zero-order valence-corrected chi connectivity index (χ0v) is 15.6. The molecule has 0 bridgehead atoms. The van der Waals surface area contributed by atoms with E-state index in [1.165, 1.54) is 10.4 Å². The smallest absolute Gasteiger partial charge is 0.289 e. The van der Waals surface area contributed by atoms with Crippen molar-refractivity contribution in [3.8, 4) is 0 Å². The molecule has 7 nitrogen and oxygen atoms in total. The molecule has 1 atom stereocenters. The summed E-state index contributed by atoms with van der Waals surface area (Å²) >= 11 is 0. The van der Waals surface area contributed by atoms with E-state index in [0.29, 0.717) is 26.2 Å². The van der Waals surface area contributed by atoms with Gasteiger partial charge in [0.2, 0.25) is 10.0 Å². The van der Waals surface area contributed by atoms with Gasteiger partial charge in [-0.3, -0.25) is 4.79 Å². The minimum atomic E-state index is -3.57. The van der Waals surface area contributed by atoms with Crippen molar-refractivity contribution in [2.45, 2.75) is 37.6 Å². The number of furan rings is 1. The van der Waals surface area contributed by atoms with Gasteiger partial charge in [0.05, 0.1) is 0 Å². The summed E-state index contributed by atoms with van der Waals surface area (Å²) in [5.74, 6) is 0.141. The highest BCUT2D eigenvalue weighted by Crippen LogP contribution is 2.27. The number of nitrogens with zero attached hydrogens (tertiary/aromatic N) is 2. The third kappa shape index (κ3) is 3.61. The number of rotatable bonds is 3. The van der Waals surface area contributed by atoms with Gasteiger partial charge in [-0.1, -0.05) is 0 Å². The SMILES string of the molecule is Cc1oc(C(=O)N2CCNC(C)C2)cc1S(=O)(=O)N1CCCC1.Cl. The van der Waals surface area contributed by atoms with Crippen molar-refractivity contribution in [1.29, 1.82) is 0 Å². The quantitative estimate of drug-likeness (QED) is 0.856. The Morgan fingerprint density at radius 2 is 1.96 bits per heavy atom. The molecule has 0 aromatic carbocycles. The van der Waals surface area contributed by atoms with E-state index in [4.69, 9.17) is 4.42 Å². The van der Waals surface area contributed by atoms with Crippen molar-refractivity contribution >= 4 is 28.3 Å². The van der Waals surface area contributed by atoms with Crippen molar-refractivity contribution < 1.29 is 17.6 Å². The summed E-state index contributed by atoms with van der Waals surface area (Å²) in [5.41, 5.74) is 0. The number of piperazine rings is 1. The molecule has 24 heavy (non-hydrogen) atoms. The molecule has 136 valence electrons. The molecule has 2 aliphatic rings. The molecule has 0 saturated carbocycles. The molecule has 9 heteroatoms. The Labute approximate surface area is 148 Å². The van der Waals surface area contributed by atoms with E-state index < -0.39 is 10.0 Å². The maximum atomic E-state index is 12.7. The van der Waals surface area contributed by atoms with Crippen molar-refractivity contribution in [2.24, 2.45) is 0 Å². The van der Waals surface area contributed by atoms with Crippen molar-refractivity contribution in [1.82, 2.24) is 14.5 Å². The summed E-state index contributed by atoms with van der Waals surface area (Å²) in [6.07, 6.45) is 1.75. The second-order valence-corrected chi connectivity index (χ2v) is 8.15. The van der Waals surface area contributed by atoms with Crippen LogP contribution in [0.5, 0.6) is 0 Å². The van der Waals surface area contributed by atoms with Gasteiger partial charge in [0, 0.05) is 44.8 Å². The Balaban J connectivity index is 0.00000208. The molecular weight excluding hydrogens is 354 g/mol. The van der Waals surface area contributed by atoms with Gasteiger partial charge in [-0.05, 0) is 26.7 Å². The Hall–Kier alpha value is -1.09. The standard InChI is InChI=1S/C15H23N3O4S.ClH/c1-11-10-17(8-5-16-11)15(19)13-9-14(12(2)22-13)23(20,21)18-6-3-4-7-18;/h9,11,16H,3-8,10H2,1-2H3;1H. The fraction of sp³-hybridized carbons (Fsp3) is 0.667. The zero-order valence-electron chi connectivity index (χ0n) is 13.9. The number of hydrogen-bond acceptors (Lipinski definition) is 5. The topological polar surface area (TPSA) is 82.9 Å². The molecule has 2 aliphatic heterocycles. The van der Waals surface area contributed by atoms with Crippen molar-refractivity contribution in [3.63, 3.8) is 0 Å². The highest BCUT2D eigenvalue weighted by molar-refractivity contribution is 7.89. The van der Waals surface area contributed by atoms with Crippen LogP contribution in [0.15, 0.2) is 15.4 Å². The van der Waals surface area contributed by atoms with Gasteiger partial charge < -0.3 is 14.6 Å². The molecule has 1 amide bonds. The molecule has 1 aromatic rings. The first-order chi connectivity index (χ1) is 10.9. The predicted molar refractivity (Wildman–Crippen MR) is 92.1 cm³/mol. The third-order valence-corrected chi connectivity index (χ3v) is 6.43. The van der Waals surface area contributed by atoms with Crippen LogP contribution >= 0.6 is 12.4 Å². The zero-order chi connectivity index (χ0) is 16.6. The monoisotopic (exact) mass is 377 g/mol. The van der Waals surface area contributed by atoms with Crippen molar-refractivity contribution in [3.05, 3.63) is 17.6 Å². The molecule has 1 N–H and O–H groups in total. The van der Waals surface area contributed by atoms with Gasteiger partial charge >= 0.3 is 0 Å². The van der Waals surface area contributed by atoms with Gasteiger partial charge in [0.1, 0.15) is 10.7 Å². The van der Waals surface area contributed by atoms with Gasteiger partial charge in [0.15, 0.2) is 5.76 Å². The average Bonchev–Trinajstić information content (AvgIpc) is 3.16. The molecule has 2 fully saturated rings. The van der Waals surface area contributed by atoms with Crippen LogP contribution in [0.3, 0.4) is 0 Å². The Morgan fingerprint density at radius 3 is 2.58 bits per heavy atom. The van der Waals surface area contributed by atoms with Gasteiger partial charge in [-0.15, -0.1) is 12.4 Å². The van der Waals surface area contributed by atoms with Crippen molar-refractivity contribution in [2.75, 3.05) is 32.7 Å². The molecule has 0 aliphatic carbocycles. The first-order valence-electron chi connectivity index (χ1n) is 8.03. The molecule has 1 unspecified atom stereocenters. The number of halogens is 1. The Bertz CT molecular complexity index is 698. The fourth-order valence-electron chi connectivity index (χ4n) is 3.17. The van der Waals surface area contributed by atoms with Crippen LogP contribution in [0, 0.1) is 6.92 Å². The second-order valence-electron chi connectivity index (χ2n) is 6.25. The first kappa shape index (κ1) is 19.2. The Kier molecular flexibility index (Phi) is 5.95. The summed E-state index contributed by atoms with van der Waals surface area (Å²) < 4.78 is 32.3. The summed E-state index contributed by atoms with van der Waals surface area (Å²) in [6, 6.07) is 1.61. The lowest BCUT2D eigenvalue weighted by Gasteiger charge is -2.31. The van der Waals surface area contributed by atoms with E-state index in [1.54, 1.807) is 11.8 Å². The minimum Gasteiger partial charge on any atom is -0.455 e. The minimum absolute atomic E-state index is 0. The van der Waals surface area contributed by atoms with Gasteiger partial charge in [-0.25, -0.2) is 8.42 Å². The van der Waals surface area contributed by atoms with Crippen LogP contribution in [0.25, 0.3) is 0 Å². The molecule has 3 heterocycles. The molecule has 3 rings (SSSR count). The lowest BCUT2D eigenvalue weighted by Crippen LogP contribution is -2.51. The maximum Gasteiger partial charge on any atom is 0.289 e. The summed E-state index contributed by atoms with van der Waals surface area (Å²) in [7, 11) is -3.57. The van der Waals surface area contributed by atoms with Crippen LogP contribution < -0.4 is 5.32 Å². The normalized spacial score (nSPS) is 22.4. The summed E-state index contributed by atoms with van der Waals surface area (Å²) in [6.45, 7) is 6.59. The van der Waals surface area contributed by atoms with Gasteiger partial charge in [-0.2, -0.15) is 4.31 Å². The number of nitrogens with one attached hydrogen (secondary N) is 1. The van der Waals surface area contributed by atoms with E-state index >= 15 is 0 Å². The average molecular weight is 378 g/mol. The molecule has 0 spiro atoms. The fourth-order valence-corrected chi connectivity index (χ4v) is 4.85. The van der Waals surface area contributed by atoms with E-state index in [1.807, 2.05) is 6.92 Å². The molecule has 0 radical (unpaired) electrons. The lowest BCUT2D eigenvalue weighted by atomic mass is 10.2. The number of carbonyl (C=O) groups excluding carboxylic acids is 1. The number of carbonyl (C=O) groups is 1. The van der Waals surface area contributed by atoms with Crippen LogP contribution in [0.1, 0.15) is 36.1 Å². The predicted octanol–water partition coefficient (Wildman–Crippen LogP) is 1.23. The van der Waals surface area contributed by atoms with E-state index in [-0.39, 0.29) is 40.8 Å². The number of hydrogen-bond donors (Lipinski definition) is 1. The molecule has 2 saturated heterocycles. The van der Waals surface area contributed by atoms with Crippen LogP contribution in [-0.4, -0.2) is 62.3 Å². The summed E-state index contributed by atoms with van der Waals surface area (Å²) in [4.78, 5) is 14.4. The first-order valence-corrected chi connectivity index (χ1v) is 9.47. The second kappa shape index (κ2) is 7.43. The largest absolute Gasteiger partial charge is 0.455 e. The number of aryl methyl sites for hydroxylation is 1. The van der Waals surface area contributed by atoms with Crippen LogP contribution in [-0.2, 0) is 10.0 Å². The maximum absolute atomic E-state index is 12.7. The van der Waals surface area contributed by atoms with E-state index in [9.17, 15) is 13.2 Å². The molecule has 1 aromatic heterocycles. The Morgan fingerprint density at radius 1 is 1.29 bits per heavy atom. The van der Waals surface area contributed by atoms with E-state index in [2.05, 4.69) is 5.32 Å². The third-order valence-electron chi connectivity index (χ3n) is 4.42. The number of amides is 1. The molecular formula is C15H24ClN3O4S. The highest BCUT2D eigenvalue weighted by Gasteiger charge is 2.33. The summed E-state index contributed by atoms with van der Waals surface area (Å²) in [5, 5.41) is 3.27. The van der Waals surface area contributed by atoms with Crippen LogP contribution in [0.4, 0.5) is 0 Å². The lowest BCUT2D eigenvalue weighted by molar-refractivity contribution is 0.0675.